The molecular formula is C21H23F3N4O2. The van der Waals surface area contributed by atoms with Gasteiger partial charge in [0.2, 0.25) is 5.91 Å². The van der Waals surface area contributed by atoms with Gasteiger partial charge >= 0.3 is 6.18 Å². The van der Waals surface area contributed by atoms with Crippen LogP contribution in [0.5, 0.6) is 5.75 Å². The number of fused-ring (bicyclic) bond motifs is 1. The third-order valence-corrected chi connectivity index (χ3v) is 4.93. The number of nitrogens with one attached hydrogen (secondary N) is 2. The molecule has 0 fully saturated rings. The number of alkyl halides is 3. The van der Waals surface area contributed by atoms with Crippen LogP contribution in [0.1, 0.15) is 36.6 Å². The first kappa shape index (κ1) is 21.5. The van der Waals surface area contributed by atoms with Gasteiger partial charge in [-0.2, -0.15) is 13.2 Å². The number of hydrogen-bond acceptors (Lipinski definition) is 4. The fourth-order valence-electron chi connectivity index (χ4n) is 3.34. The molecule has 6 nitrogen and oxygen atoms in total. The zero-order chi connectivity index (χ0) is 22.1. The maximum Gasteiger partial charge on any atom is 0.433 e. The molecule has 0 aliphatic rings. The lowest BCUT2D eigenvalue weighted by Crippen LogP contribution is -2.28. The molecule has 2 heterocycles. The minimum Gasteiger partial charge on any atom is -0.508 e. The molecule has 1 amide bonds. The van der Waals surface area contributed by atoms with Gasteiger partial charge in [0.15, 0.2) is 0 Å². The van der Waals surface area contributed by atoms with E-state index in [1.54, 1.807) is 32.0 Å². The molecule has 0 aliphatic heterocycles. The van der Waals surface area contributed by atoms with E-state index < -0.39 is 17.8 Å². The van der Waals surface area contributed by atoms with Crippen LogP contribution in [0.3, 0.4) is 0 Å². The summed E-state index contributed by atoms with van der Waals surface area (Å²) in [6.07, 6.45) is -2.71. The summed E-state index contributed by atoms with van der Waals surface area (Å²) in [6, 6.07) is 7.18. The monoisotopic (exact) mass is 420 g/mol. The SMILES string of the molecule is CCNc1nc(C(F)(F)F)ccc1CNC(=O)C(C)c1cn(C)c2ccc(O)cc12. The van der Waals surface area contributed by atoms with E-state index in [2.05, 4.69) is 15.6 Å². The number of aryl methyl sites for hydroxylation is 1. The number of aromatic hydroxyl groups is 1. The van der Waals surface area contributed by atoms with Crippen molar-refractivity contribution >= 4 is 22.6 Å². The van der Waals surface area contributed by atoms with E-state index in [0.29, 0.717) is 12.1 Å². The topological polar surface area (TPSA) is 79.2 Å². The number of amides is 1. The van der Waals surface area contributed by atoms with E-state index in [9.17, 15) is 23.1 Å². The van der Waals surface area contributed by atoms with Gasteiger partial charge in [-0.3, -0.25) is 4.79 Å². The molecular weight excluding hydrogens is 397 g/mol. The van der Waals surface area contributed by atoms with E-state index in [0.717, 1.165) is 22.5 Å². The zero-order valence-corrected chi connectivity index (χ0v) is 16.8. The lowest BCUT2D eigenvalue weighted by molar-refractivity contribution is -0.141. The number of phenols is 1. The van der Waals surface area contributed by atoms with E-state index in [-0.39, 0.29) is 24.0 Å². The van der Waals surface area contributed by atoms with Crippen LogP contribution in [-0.2, 0) is 24.6 Å². The summed E-state index contributed by atoms with van der Waals surface area (Å²) >= 11 is 0. The second-order valence-electron chi connectivity index (χ2n) is 7.07. The Morgan fingerprint density at radius 1 is 1.27 bits per heavy atom. The minimum absolute atomic E-state index is 0.0344. The van der Waals surface area contributed by atoms with E-state index in [1.807, 2.05) is 17.8 Å². The average Bonchev–Trinajstić information content (AvgIpc) is 3.01. The summed E-state index contributed by atoms with van der Waals surface area (Å²) in [5, 5.41) is 16.1. The predicted molar refractivity (Wildman–Crippen MR) is 108 cm³/mol. The zero-order valence-electron chi connectivity index (χ0n) is 16.8. The molecule has 160 valence electrons. The highest BCUT2D eigenvalue weighted by molar-refractivity contribution is 5.92. The summed E-state index contributed by atoms with van der Waals surface area (Å²) in [6.45, 7) is 3.92. The predicted octanol–water partition coefficient (Wildman–Crippen LogP) is 4.15. The van der Waals surface area contributed by atoms with Gasteiger partial charge in [-0.15, -0.1) is 0 Å². The van der Waals surface area contributed by atoms with E-state index in [1.165, 1.54) is 6.07 Å². The minimum atomic E-state index is -4.54. The molecule has 0 bridgehead atoms. The number of benzene rings is 1. The van der Waals surface area contributed by atoms with Crippen molar-refractivity contribution in [1.82, 2.24) is 14.9 Å². The fourth-order valence-corrected chi connectivity index (χ4v) is 3.34. The molecule has 3 N–H and O–H groups in total. The van der Waals surface area contributed by atoms with Gasteiger partial charge in [-0.1, -0.05) is 6.07 Å². The van der Waals surface area contributed by atoms with Crippen LogP contribution in [0.25, 0.3) is 10.9 Å². The average molecular weight is 420 g/mol. The van der Waals surface area contributed by atoms with Crippen LogP contribution in [0.15, 0.2) is 36.5 Å². The highest BCUT2D eigenvalue weighted by Gasteiger charge is 2.33. The van der Waals surface area contributed by atoms with Crippen molar-refractivity contribution in [2.24, 2.45) is 7.05 Å². The van der Waals surface area contributed by atoms with Crippen LogP contribution in [-0.4, -0.2) is 27.1 Å². The number of rotatable bonds is 6. The van der Waals surface area contributed by atoms with Crippen molar-refractivity contribution in [1.29, 1.82) is 0 Å². The Hall–Kier alpha value is -3.23. The normalized spacial score (nSPS) is 12.7. The number of pyridine rings is 1. The van der Waals surface area contributed by atoms with Gasteiger partial charge in [0, 0.05) is 42.8 Å². The van der Waals surface area contributed by atoms with Crippen molar-refractivity contribution in [3.63, 3.8) is 0 Å². The number of phenolic OH excluding ortho intramolecular Hbond substituents is 1. The maximum absolute atomic E-state index is 12.9. The maximum atomic E-state index is 12.9. The Morgan fingerprint density at radius 2 is 2.00 bits per heavy atom. The number of carbonyl (C=O) groups excluding carboxylic acids is 1. The van der Waals surface area contributed by atoms with Gasteiger partial charge in [0.25, 0.3) is 0 Å². The molecule has 0 saturated carbocycles. The first-order valence-corrected chi connectivity index (χ1v) is 9.48. The molecule has 1 atom stereocenters. The highest BCUT2D eigenvalue weighted by atomic mass is 19.4. The second-order valence-corrected chi connectivity index (χ2v) is 7.07. The van der Waals surface area contributed by atoms with Crippen LogP contribution < -0.4 is 10.6 Å². The van der Waals surface area contributed by atoms with Gasteiger partial charge < -0.3 is 20.3 Å². The van der Waals surface area contributed by atoms with Crippen LogP contribution in [0, 0.1) is 0 Å². The lowest BCUT2D eigenvalue weighted by Gasteiger charge is -2.15. The van der Waals surface area contributed by atoms with Crippen LogP contribution >= 0.6 is 0 Å². The first-order valence-electron chi connectivity index (χ1n) is 9.48. The Labute approximate surface area is 171 Å². The van der Waals surface area contributed by atoms with Crippen molar-refractivity contribution in [3.05, 3.63) is 53.3 Å². The van der Waals surface area contributed by atoms with Crippen molar-refractivity contribution in [2.45, 2.75) is 32.5 Å². The van der Waals surface area contributed by atoms with E-state index in [4.69, 9.17) is 0 Å². The Morgan fingerprint density at radius 3 is 2.67 bits per heavy atom. The largest absolute Gasteiger partial charge is 0.508 e. The molecule has 0 radical (unpaired) electrons. The van der Waals surface area contributed by atoms with Gasteiger partial charge in [0.1, 0.15) is 17.3 Å². The molecule has 1 aromatic carbocycles. The molecule has 3 aromatic rings. The molecule has 30 heavy (non-hydrogen) atoms. The quantitative estimate of drug-likeness (QED) is 0.560. The molecule has 0 aliphatic carbocycles. The molecule has 2 aromatic heterocycles. The Kier molecular flexibility index (Phi) is 5.91. The number of carbonyl (C=O) groups is 1. The van der Waals surface area contributed by atoms with Crippen molar-refractivity contribution in [3.8, 4) is 5.75 Å². The second kappa shape index (κ2) is 8.25. The molecule has 1 unspecified atom stereocenters. The molecule has 0 saturated heterocycles. The van der Waals surface area contributed by atoms with Crippen LogP contribution in [0.4, 0.5) is 19.0 Å². The van der Waals surface area contributed by atoms with Crippen LogP contribution in [0.2, 0.25) is 0 Å². The van der Waals surface area contributed by atoms with Crippen molar-refractivity contribution in [2.75, 3.05) is 11.9 Å². The Balaban J connectivity index is 1.79. The lowest BCUT2D eigenvalue weighted by atomic mass is 9.99. The molecule has 3 rings (SSSR count). The summed E-state index contributed by atoms with van der Waals surface area (Å²) in [5.74, 6) is -0.613. The van der Waals surface area contributed by atoms with Gasteiger partial charge in [-0.05, 0) is 43.7 Å². The summed E-state index contributed by atoms with van der Waals surface area (Å²) in [5.41, 5.74) is 1.10. The summed E-state index contributed by atoms with van der Waals surface area (Å²) in [4.78, 5) is 16.4. The number of hydrogen-bond donors (Lipinski definition) is 3. The Bertz CT molecular complexity index is 1080. The standard InChI is InChI=1S/C21H23F3N4O2/c1-4-25-19-13(5-8-18(27-19)21(22,23)24)10-26-20(30)12(2)16-11-28(3)17-7-6-14(29)9-15(16)17/h5-9,11-12,29H,4,10H2,1-3H3,(H,25,27)(H,26,30). The number of aromatic nitrogens is 2. The first-order chi connectivity index (χ1) is 14.1. The van der Waals surface area contributed by atoms with Gasteiger partial charge in [-0.25, -0.2) is 4.98 Å². The van der Waals surface area contributed by atoms with Gasteiger partial charge in [0.05, 0.1) is 5.92 Å². The smallest absolute Gasteiger partial charge is 0.433 e. The summed E-state index contributed by atoms with van der Waals surface area (Å²) in [7, 11) is 1.85. The number of halogens is 3. The summed E-state index contributed by atoms with van der Waals surface area (Å²) < 4.78 is 40.6. The highest BCUT2D eigenvalue weighted by Crippen LogP contribution is 2.31. The van der Waals surface area contributed by atoms with Crippen molar-refractivity contribution < 1.29 is 23.1 Å². The molecule has 0 spiro atoms. The third-order valence-electron chi connectivity index (χ3n) is 4.93. The number of nitrogens with zero attached hydrogens (tertiary/aromatic N) is 2. The number of anilines is 1. The van der Waals surface area contributed by atoms with E-state index >= 15 is 0 Å². The fraction of sp³-hybridized carbons (Fsp3) is 0.333. The third kappa shape index (κ3) is 4.34. The molecule has 9 heteroatoms.